The molecule has 1 rings (SSSR count). The van der Waals surface area contributed by atoms with Crippen LogP contribution in [0.1, 0.15) is 27.7 Å². The molecule has 0 spiro atoms. The third-order valence-corrected chi connectivity index (χ3v) is 3.42. The van der Waals surface area contributed by atoms with Gasteiger partial charge >= 0.3 is 0 Å². The molecular formula is C12H23N3. The van der Waals surface area contributed by atoms with Crippen molar-refractivity contribution in [2.45, 2.75) is 33.2 Å². The molecule has 3 heteroatoms. The van der Waals surface area contributed by atoms with E-state index < -0.39 is 5.54 Å². The lowest BCUT2D eigenvalue weighted by Crippen LogP contribution is -2.49. The quantitative estimate of drug-likeness (QED) is 0.762. The minimum absolute atomic E-state index is 0.390. The van der Waals surface area contributed by atoms with Crippen molar-refractivity contribution in [3.8, 4) is 6.07 Å². The Labute approximate surface area is 93.5 Å². The molecule has 3 atom stereocenters. The second-order valence-corrected chi connectivity index (χ2v) is 5.12. The number of rotatable bonds is 4. The average Bonchev–Trinajstić information content (AvgIpc) is 2.46. The van der Waals surface area contributed by atoms with E-state index in [9.17, 15) is 0 Å². The van der Waals surface area contributed by atoms with Gasteiger partial charge in [0.25, 0.3) is 0 Å². The Kier molecular flexibility index (Phi) is 4.12. The molecule has 0 saturated carbocycles. The van der Waals surface area contributed by atoms with E-state index in [0.29, 0.717) is 0 Å². The van der Waals surface area contributed by atoms with Gasteiger partial charge in [-0.1, -0.05) is 20.8 Å². The van der Waals surface area contributed by atoms with Gasteiger partial charge in [0.05, 0.1) is 6.07 Å². The van der Waals surface area contributed by atoms with Crippen molar-refractivity contribution in [1.82, 2.24) is 10.2 Å². The summed E-state index contributed by atoms with van der Waals surface area (Å²) in [5, 5.41) is 12.4. The number of nitrogens with one attached hydrogen (secondary N) is 1. The topological polar surface area (TPSA) is 39.1 Å². The second-order valence-electron chi connectivity index (χ2n) is 5.12. The van der Waals surface area contributed by atoms with E-state index in [1.165, 1.54) is 0 Å². The van der Waals surface area contributed by atoms with Crippen molar-refractivity contribution in [3.05, 3.63) is 0 Å². The summed E-state index contributed by atoms with van der Waals surface area (Å²) in [4.78, 5) is 2.40. The van der Waals surface area contributed by atoms with Crippen LogP contribution in [0.5, 0.6) is 0 Å². The number of hydrogen-bond acceptors (Lipinski definition) is 3. The fourth-order valence-corrected chi connectivity index (χ4v) is 2.35. The van der Waals surface area contributed by atoms with Crippen LogP contribution in [0.4, 0.5) is 0 Å². The maximum Gasteiger partial charge on any atom is 0.116 e. The van der Waals surface area contributed by atoms with Gasteiger partial charge in [-0.05, 0) is 25.3 Å². The highest BCUT2D eigenvalue weighted by molar-refractivity contribution is 5.06. The predicted molar refractivity (Wildman–Crippen MR) is 62.5 cm³/mol. The molecule has 1 aliphatic rings. The molecule has 1 saturated heterocycles. The third kappa shape index (κ3) is 3.19. The molecule has 3 nitrogen and oxygen atoms in total. The molecule has 0 bridgehead atoms. The van der Waals surface area contributed by atoms with Crippen LogP contribution in [0.2, 0.25) is 0 Å². The number of nitrogens with zero attached hydrogens (tertiary/aromatic N) is 2. The van der Waals surface area contributed by atoms with Gasteiger partial charge in [0.15, 0.2) is 0 Å². The van der Waals surface area contributed by atoms with Gasteiger partial charge in [0.1, 0.15) is 5.54 Å². The van der Waals surface area contributed by atoms with E-state index in [2.05, 4.69) is 30.1 Å². The first kappa shape index (κ1) is 12.5. The van der Waals surface area contributed by atoms with Crippen LogP contribution >= 0.6 is 0 Å². The van der Waals surface area contributed by atoms with E-state index in [-0.39, 0.29) is 0 Å². The van der Waals surface area contributed by atoms with E-state index in [4.69, 9.17) is 5.26 Å². The van der Waals surface area contributed by atoms with Gasteiger partial charge in [-0.2, -0.15) is 5.26 Å². The molecule has 1 N–H and O–H groups in total. The molecule has 86 valence electrons. The molecule has 0 radical (unpaired) electrons. The van der Waals surface area contributed by atoms with Crippen molar-refractivity contribution in [3.63, 3.8) is 0 Å². The summed E-state index contributed by atoms with van der Waals surface area (Å²) >= 11 is 0. The Bertz CT molecular complexity index is 236. The highest BCUT2D eigenvalue weighted by atomic mass is 15.2. The highest BCUT2D eigenvalue weighted by Crippen LogP contribution is 2.23. The van der Waals surface area contributed by atoms with Crippen LogP contribution in [-0.2, 0) is 0 Å². The first-order valence-corrected chi connectivity index (χ1v) is 5.89. The summed E-state index contributed by atoms with van der Waals surface area (Å²) in [6.45, 7) is 12.6. The summed E-state index contributed by atoms with van der Waals surface area (Å²) in [6.07, 6.45) is 0. The van der Waals surface area contributed by atoms with Gasteiger partial charge in [0, 0.05) is 19.6 Å². The number of likely N-dealkylation sites (N-methyl/N-ethyl adjacent to an activating group) is 1. The maximum atomic E-state index is 9.17. The maximum absolute atomic E-state index is 9.17. The van der Waals surface area contributed by atoms with Gasteiger partial charge in [-0.15, -0.1) is 0 Å². The average molecular weight is 209 g/mol. The number of nitriles is 1. The lowest BCUT2D eigenvalue weighted by atomic mass is 10.0. The van der Waals surface area contributed by atoms with Gasteiger partial charge < -0.3 is 0 Å². The van der Waals surface area contributed by atoms with Gasteiger partial charge in [0.2, 0.25) is 0 Å². The predicted octanol–water partition coefficient (Wildman–Crippen LogP) is 1.47. The van der Waals surface area contributed by atoms with Crippen LogP contribution in [0.3, 0.4) is 0 Å². The molecule has 1 aliphatic heterocycles. The van der Waals surface area contributed by atoms with Crippen LogP contribution in [0.25, 0.3) is 0 Å². The first-order chi connectivity index (χ1) is 7.00. The highest BCUT2D eigenvalue weighted by Gasteiger charge is 2.32. The van der Waals surface area contributed by atoms with Crippen molar-refractivity contribution >= 4 is 0 Å². The zero-order valence-corrected chi connectivity index (χ0v) is 10.4. The Morgan fingerprint density at radius 2 is 1.93 bits per heavy atom. The molecule has 0 aromatic heterocycles. The lowest BCUT2D eigenvalue weighted by molar-refractivity contribution is 0.254. The van der Waals surface area contributed by atoms with Crippen molar-refractivity contribution in [2.24, 2.45) is 11.8 Å². The van der Waals surface area contributed by atoms with Crippen LogP contribution in [0.15, 0.2) is 0 Å². The minimum Gasteiger partial charge on any atom is -0.300 e. The Hall–Kier alpha value is -0.590. The normalized spacial score (nSPS) is 31.1. The molecule has 1 fully saturated rings. The van der Waals surface area contributed by atoms with Gasteiger partial charge in [-0.25, -0.2) is 0 Å². The molecule has 3 unspecified atom stereocenters. The fraction of sp³-hybridized carbons (Fsp3) is 0.917. The molecule has 1 heterocycles. The van der Waals surface area contributed by atoms with Crippen LogP contribution < -0.4 is 5.32 Å². The third-order valence-electron chi connectivity index (χ3n) is 3.42. The monoisotopic (exact) mass is 209 g/mol. The molecule has 15 heavy (non-hydrogen) atoms. The van der Waals surface area contributed by atoms with Crippen molar-refractivity contribution in [1.29, 1.82) is 5.26 Å². The molecule has 0 aliphatic carbocycles. The summed E-state index contributed by atoms with van der Waals surface area (Å²) in [5.74, 6) is 1.52. The molecule has 0 aromatic carbocycles. The smallest absolute Gasteiger partial charge is 0.116 e. The Balaban J connectivity index is 2.51. The number of likely N-dealkylation sites (tertiary alicyclic amines) is 1. The Morgan fingerprint density at radius 3 is 2.33 bits per heavy atom. The summed E-state index contributed by atoms with van der Waals surface area (Å²) < 4.78 is 0. The molecular weight excluding hydrogens is 186 g/mol. The standard InChI is InChI=1S/C12H23N3/c1-5-14-12(4,8-13)9-15-6-10(2)11(3)7-15/h10-11,14H,5-7,9H2,1-4H3. The van der Waals surface area contributed by atoms with Crippen LogP contribution in [0, 0.1) is 23.2 Å². The summed E-state index contributed by atoms with van der Waals surface area (Å²) in [7, 11) is 0. The zero-order valence-electron chi connectivity index (χ0n) is 10.4. The van der Waals surface area contributed by atoms with Crippen molar-refractivity contribution < 1.29 is 0 Å². The molecule has 0 amide bonds. The van der Waals surface area contributed by atoms with Crippen LogP contribution in [-0.4, -0.2) is 36.6 Å². The van der Waals surface area contributed by atoms with E-state index in [1.807, 2.05) is 13.8 Å². The largest absolute Gasteiger partial charge is 0.300 e. The second kappa shape index (κ2) is 4.96. The minimum atomic E-state index is -0.390. The number of hydrogen-bond donors (Lipinski definition) is 1. The lowest BCUT2D eigenvalue weighted by Gasteiger charge is -2.28. The first-order valence-electron chi connectivity index (χ1n) is 5.89. The molecule has 0 aromatic rings. The van der Waals surface area contributed by atoms with E-state index >= 15 is 0 Å². The fourth-order valence-electron chi connectivity index (χ4n) is 2.35. The van der Waals surface area contributed by atoms with E-state index in [1.54, 1.807) is 0 Å². The summed E-state index contributed by atoms with van der Waals surface area (Å²) in [5.41, 5.74) is -0.390. The summed E-state index contributed by atoms with van der Waals surface area (Å²) in [6, 6.07) is 2.38. The Morgan fingerprint density at radius 1 is 1.40 bits per heavy atom. The van der Waals surface area contributed by atoms with Gasteiger partial charge in [-0.3, -0.25) is 10.2 Å². The van der Waals surface area contributed by atoms with Crippen molar-refractivity contribution in [2.75, 3.05) is 26.2 Å². The zero-order chi connectivity index (χ0) is 11.5. The van der Waals surface area contributed by atoms with E-state index in [0.717, 1.165) is 38.0 Å². The SMILES string of the molecule is CCNC(C)(C#N)CN1CC(C)C(C)C1.